The second kappa shape index (κ2) is 11.8. The molecule has 0 spiro atoms. The predicted octanol–water partition coefficient (Wildman–Crippen LogP) is 4.66. The number of unbranched alkanes of at least 4 members (excludes halogenated alkanes) is 1. The normalized spacial score (nSPS) is 12.5. The number of para-hydroxylation sites is 1. The van der Waals surface area contributed by atoms with Gasteiger partial charge in [0.25, 0.3) is 0 Å². The fourth-order valence-corrected chi connectivity index (χ4v) is 3.26. The molecule has 1 unspecified atom stereocenters. The predicted molar refractivity (Wildman–Crippen MR) is 132 cm³/mol. The maximum absolute atomic E-state index is 6.08. The van der Waals surface area contributed by atoms with Gasteiger partial charge in [0.2, 0.25) is 0 Å². The van der Waals surface area contributed by atoms with E-state index in [1.165, 1.54) is 0 Å². The van der Waals surface area contributed by atoms with Crippen LogP contribution in [0.5, 0.6) is 5.75 Å². The van der Waals surface area contributed by atoms with Crippen molar-refractivity contribution >= 4 is 40.9 Å². The van der Waals surface area contributed by atoms with Crippen LogP contribution in [0.25, 0.3) is 11.0 Å². The van der Waals surface area contributed by atoms with E-state index >= 15 is 0 Å². The number of aliphatic imine (C=N–C) groups is 1. The van der Waals surface area contributed by atoms with Gasteiger partial charge in [-0.3, -0.25) is 4.99 Å². The molecule has 2 heterocycles. The zero-order valence-corrected chi connectivity index (χ0v) is 20.5. The first-order valence-corrected chi connectivity index (χ1v) is 10.2. The van der Waals surface area contributed by atoms with Gasteiger partial charge in [0.15, 0.2) is 17.3 Å². The van der Waals surface area contributed by atoms with Crippen molar-refractivity contribution in [3.05, 3.63) is 48.2 Å². The number of hydrogen-bond acceptors (Lipinski definition) is 4. The van der Waals surface area contributed by atoms with Crippen LogP contribution in [0.1, 0.15) is 44.3 Å². The highest BCUT2D eigenvalue weighted by molar-refractivity contribution is 14.0. The molecule has 2 N–H and O–H groups in total. The zero-order valence-electron chi connectivity index (χ0n) is 18.1. The van der Waals surface area contributed by atoms with Crippen molar-refractivity contribution in [3.8, 4) is 5.75 Å². The summed E-state index contributed by atoms with van der Waals surface area (Å²) in [5.41, 5.74) is 0.788. The summed E-state index contributed by atoms with van der Waals surface area (Å²) in [5, 5.41) is 7.82. The number of furan rings is 1. The Hall–Kier alpha value is -2.23. The third-order valence-corrected chi connectivity index (χ3v) is 4.87. The second-order valence-corrected chi connectivity index (χ2v) is 7.00. The van der Waals surface area contributed by atoms with Crippen LogP contribution in [0, 0.1) is 6.92 Å². The Kier molecular flexibility index (Phi) is 9.48. The summed E-state index contributed by atoms with van der Waals surface area (Å²) in [6.45, 7) is 8.51. The molecule has 0 saturated heterocycles. The highest BCUT2D eigenvalue weighted by atomic mass is 127. The Balaban J connectivity index is 0.00000320. The SMILES string of the molecule is CCOc1cccc2cc(C(C)NC(=NC)NCCCCn3ccnc3C)oc12.I. The molecule has 0 amide bonds. The van der Waals surface area contributed by atoms with Crippen LogP contribution >= 0.6 is 24.0 Å². The Bertz CT molecular complexity index is 950. The summed E-state index contributed by atoms with van der Waals surface area (Å²) >= 11 is 0. The fraction of sp³-hybridized carbons (Fsp3) is 0.455. The van der Waals surface area contributed by atoms with Gasteiger partial charge in [-0.25, -0.2) is 4.98 Å². The number of ether oxygens (including phenoxy) is 1. The molecule has 164 valence electrons. The summed E-state index contributed by atoms with van der Waals surface area (Å²) in [6, 6.07) is 7.99. The Morgan fingerprint density at radius 1 is 1.33 bits per heavy atom. The van der Waals surface area contributed by atoms with Crippen molar-refractivity contribution in [2.75, 3.05) is 20.2 Å². The van der Waals surface area contributed by atoms with Gasteiger partial charge < -0.3 is 24.4 Å². The van der Waals surface area contributed by atoms with Gasteiger partial charge in [0.05, 0.1) is 12.6 Å². The van der Waals surface area contributed by atoms with Crippen LogP contribution < -0.4 is 15.4 Å². The Labute approximate surface area is 195 Å². The standard InChI is InChI=1S/C22H31N5O2.HI/c1-5-28-19-10-8-9-18-15-20(29-21(18)19)16(2)26-22(23-4)25-11-6-7-13-27-14-12-24-17(27)3;/h8-10,12,14-16H,5-7,11,13H2,1-4H3,(H2,23,25,26);1H. The molecule has 1 atom stereocenters. The largest absolute Gasteiger partial charge is 0.490 e. The molecule has 2 aromatic heterocycles. The molecule has 30 heavy (non-hydrogen) atoms. The van der Waals surface area contributed by atoms with Crippen molar-refractivity contribution in [3.63, 3.8) is 0 Å². The summed E-state index contributed by atoms with van der Waals surface area (Å²) in [6.07, 6.45) is 6.00. The number of rotatable bonds is 9. The average Bonchev–Trinajstić information content (AvgIpc) is 3.34. The highest BCUT2D eigenvalue weighted by Gasteiger charge is 2.15. The van der Waals surface area contributed by atoms with Crippen LogP contribution in [0.2, 0.25) is 0 Å². The van der Waals surface area contributed by atoms with Crippen molar-refractivity contribution in [2.24, 2.45) is 4.99 Å². The molecular formula is C22H32IN5O2. The summed E-state index contributed by atoms with van der Waals surface area (Å²) in [7, 11) is 1.78. The van der Waals surface area contributed by atoms with E-state index in [9.17, 15) is 0 Å². The van der Waals surface area contributed by atoms with Gasteiger partial charge in [-0.1, -0.05) is 12.1 Å². The number of nitrogens with zero attached hydrogens (tertiary/aromatic N) is 3. The van der Waals surface area contributed by atoms with E-state index < -0.39 is 0 Å². The number of aryl methyl sites for hydroxylation is 2. The second-order valence-electron chi connectivity index (χ2n) is 7.00. The summed E-state index contributed by atoms with van der Waals surface area (Å²) in [5.74, 6) is 3.45. The maximum Gasteiger partial charge on any atom is 0.191 e. The van der Waals surface area contributed by atoms with E-state index in [4.69, 9.17) is 9.15 Å². The number of hydrogen-bond donors (Lipinski definition) is 2. The van der Waals surface area contributed by atoms with Gasteiger partial charge >= 0.3 is 0 Å². The molecule has 1 aromatic carbocycles. The number of imidazole rings is 1. The van der Waals surface area contributed by atoms with Crippen LogP contribution in [0.3, 0.4) is 0 Å². The number of aromatic nitrogens is 2. The van der Waals surface area contributed by atoms with Crippen LogP contribution in [-0.2, 0) is 6.54 Å². The van der Waals surface area contributed by atoms with Crippen molar-refractivity contribution < 1.29 is 9.15 Å². The molecule has 0 saturated carbocycles. The minimum atomic E-state index is -0.0170. The van der Waals surface area contributed by atoms with E-state index in [0.717, 1.165) is 60.2 Å². The quantitative estimate of drug-likeness (QED) is 0.184. The van der Waals surface area contributed by atoms with Crippen LogP contribution in [-0.4, -0.2) is 35.7 Å². The summed E-state index contributed by atoms with van der Waals surface area (Å²) in [4.78, 5) is 8.58. The minimum Gasteiger partial charge on any atom is -0.490 e. The molecule has 0 aliphatic heterocycles. The zero-order chi connectivity index (χ0) is 20.6. The number of benzene rings is 1. The third kappa shape index (κ3) is 6.13. The minimum absolute atomic E-state index is 0. The lowest BCUT2D eigenvalue weighted by molar-refractivity contribution is 0.336. The average molecular weight is 525 g/mol. The van der Waals surface area contributed by atoms with Crippen LogP contribution in [0.4, 0.5) is 0 Å². The van der Waals surface area contributed by atoms with Crippen molar-refractivity contribution in [1.29, 1.82) is 0 Å². The van der Waals surface area contributed by atoms with Gasteiger partial charge in [-0.05, 0) is 45.7 Å². The Morgan fingerprint density at radius 3 is 2.87 bits per heavy atom. The Morgan fingerprint density at radius 2 is 2.17 bits per heavy atom. The van der Waals surface area contributed by atoms with Gasteiger partial charge in [0, 0.05) is 37.9 Å². The van der Waals surface area contributed by atoms with E-state index in [1.54, 1.807) is 7.05 Å². The van der Waals surface area contributed by atoms with Crippen molar-refractivity contribution in [1.82, 2.24) is 20.2 Å². The van der Waals surface area contributed by atoms with E-state index in [1.807, 2.05) is 44.4 Å². The summed E-state index contributed by atoms with van der Waals surface area (Å²) < 4.78 is 13.9. The molecule has 0 aliphatic rings. The molecule has 0 aliphatic carbocycles. The highest BCUT2D eigenvalue weighted by Crippen LogP contribution is 2.31. The maximum atomic E-state index is 6.08. The monoisotopic (exact) mass is 525 g/mol. The molecule has 3 rings (SSSR count). The fourth-order valence-electron chi connectivity index (χ4n) is 3.26. The molecule has 7 nitrogen and oxygen atoms in total. The number of fused-ring (bicyclic) bond motifs is 1. The van der Waals surface area contributed by atoms with Gasteiger partial charge in [-0.15, -0.1) is 24.0 Å². The first-order chi connectivity index (χ1) is 14.1. The number of guanidine groups is 1. The smallest absolute Gasteiger partial charge is 0.191 e. The van der Waals surface area contributed by atoms with E-state index in [-0.39, 0.29) is 30.0 Å². The molecule has 0 fully saturated rings. The first kappa shape index (κ1) is 24.0. The third-order valence-electron chi connectivity index (χ3n) is 4.87. The van der Waals surface area contributed by atoms with Gasteiger partial charge in [-0.2, -0.15) is 0 Å². The first-order valence-electron chi connectivity index (χ1n) is 10.2. The van der Waals surface area contributed by atoms with E-state index in [0.29, 0.717) is 6.61 Å². The molecule has 3 aromatic rings. The molecular weight excluding hydrogens is 493 g/mol. The molecule has 8 heteroatoms. The number of nitrogens with one attached hydrogen (secondary N) is 2. The lowest BCUT2D eigenvalue weighted by atomic mass is 10.2. The van der Waals surface area contributed by atoms with Crippen LogP contribution in [0.15, 0.2) is 46.1 Å². The molecule has 0 radical (unpaired) electrons. The van der Waals surface area contributed by atoms with Gasteiger partial charge in [0.1, 0.15) is 11.6 Å². The topological polar surface area (TPSA) is 76.6 Å². The number of halogens is 1. The molecule has 0 bridgehead atoms. The van der Waals surface area contributed by atoms with Crippen molar-refractivity contribution in [2.45, 2.75) is 46.2 Å². The lowest BCUT2D eigenvalue weighted by Gasteiger charge is -2.16. The lowest BCUT2D eigenvalue weighted by Crippen LogP contribution is -2.39. The van der Waals surface area contributed by atoms with E-state index in [2.05, 4.69) is 38.2 Å².